The zero-order chi connectivity index (χ0) is 24.6. The lowest BCUT2D eigenvalue weighted by molar-refractivity contribution is -0.870. The molecule has 0 N–H and O–H groups in total. The predicted molar refractivity (Wildman–Crippen MR) is 147 cm³/mol. The Balaban J connectivity index is 4.03. The highest BCUT2D eigenvalue weighted by Gasteiger charge is 2.06. The minimum Gasteiger partial charge on any atom is -0.331 e. The lowest BCUT2D eigenvalue weighted by atomic mass is 10.0. The maximum atomic E-state index is 2.45. The summed E-state index contributed by atoms with van der Waals surface area (Å²) < 4.78 is 2.13. The average Bonchev–Trinajstić information content (AvgIpc) is 2.63. The summed E-state index contributed by atoms with van der Waals surface area (Å²) in [5.74, 6) is 0. The molecule has 0 atom stereocenters. The molecule has 0 rings (SSSR count). The first kappa shape index (κ1) is 30.9. The summed E-state index contributed by atoms with van der Waals surface area (Å²) in [5, 5.41) is 0. The summed E-state index contributed by atoms with van der Waals surface area (Å²) >= 11 is 0. The van der Waals surface area contributed by atoms with E-state index in [1.54, 1.807) is 22.3 Å². The normalized spacial score (nSPS) is 14.9. The van der Waals surface area contributed by atoms with Crippen molar-refractivity contribution in [3.8, 4) is 0 Å². The largest absolute Gasteiger partial charge is 0.331 e. The van der Waals surface area contributed by atoms with Crippen molar-refractivity contribution in [3.05, 3.63) is 46.6 Å². The van der Waals surface area contributed by atoms with E-state index >= 15 is 0 Å². The summed E-state index contributed by atoms with van der Waals surface area (Å²) in [7, 11) is 13.7. The minimum atomic E-state index is 1.07. The monoisotopic (exact) mass is 446 g/mol. The van der Waals surface area contributed by atoms with Gasteiger partial charge in [0.15, 0.2) is 0 Å². The van der Waals surface area contributed by atoms with Crippen molar-refractivity contribution in [2.75, 3.05) is 55.4 Å². The number of hydrogen-bond acceptors (Lipinski definition) is 0. The van der Waals surface area contributed by atoms with Gasteiger partial charge in [-0.15, -0.1) is 0 Å². The summed E-state index contributed by atoms with van der Waals surface area (Å²) in [6.45, 7) is 11.7. The second-order valence-electron chi connectivity index (χ2n) is 12.1. The van der Waals surface area contributed by atoms with Gasteiger partial charge in [0.2, 0.25) is 0 Å². The van der Waals surface area contributed by atoms with Gasteiger partial charge < -0.3 is 8.97 Å². The van der Waals surface area contributed by atoms with Crippen molar-refractivity contribution >= 4 is 0 Å². The number of quaternary nitrogens is 2. The maximum Gasteiger partial charge on any atom is 0.0783 e. The topological polar surface area (TPSA) is 0 Å². The Morgan fingerprint density at radius 1 is 0.438 bits per heavy atom. The van der Waals surface area contributed by atoms with Gasteiger partial charge in [-0.3, -0.25) is 0 Å². The molecule has 0 bridgehead atoms. The zero-order valence-electron chi connectivity index (χ0n) is 23.7. The molecule has 0 aliphatic heterocycles. The summed E-state index contributed by atoms with van der Waals surface area (Å²) in [6, 6.07) is 0. The van der Waals surface area contributed by atoms with Crippen LogP contribution in [0.15, 0.2) is 46.6 Å². The molecule has 0 fully saturated rings. The summed E-state index contributed by atoms with van der Waals surface area (Å²) in [5.41, 5.74) is 6.20. The highest BCUT2D eigenvalue weighted by atomic mass is 15.3. The molecular weight excluding hydrogens is 388 g/mol. The number of nitrogens with zero attached hydrogens (tertiary/aromatic N) is 2. The van der Waals surface area contributed by atoms with E-state index in [1.807, 2.05) is 0 Å². The van der Waals surface area contributed by atoms with Crippen LogP contribution in [-0.2, 0) is 0 Å². The number of allylic oxidation sites excluding steroid dienone is 8. The van der Waals surface area contributed by atoms with Crippen LogP contribution >= 0.6 is 0 Å². The van der Waals surface area contributed by atoms with Gasteiger partial charge in [-0.25, -0.2) is 0 Å². The Bertz CT molecular complexity index is 562. The Hall–Kier alpha value is -1.12. The first-order valence-electron chi connectivity index (χ1n) is 13.0. The lowest BCUT2D eigenvalue weighted by Crippen LogP contribution is -2.35. The van der Waals surface area contributed by atoms with Crippen LogP contribution in [0.2, 0.25) is 0 Å². The van der Waals surface area contributed by atoms with Gasteiger partial charge >= 0.3 is 0 Å². The van der Waals surface area contributed by atoms with Crippen molar-refractivity contribution in [1.29, 1.82) is 0 Å². The van der Waals surface area contributed by atoms with Crippen LogP contribution in [0.4, 0.5) is 0 Å². The predicted octanol–water partition coefficient (Wildman–Crippen LogP) is 8.09. The average molecular weight is 447 g/mol. The van der Waals surface area contributed by atoms with Gasteiger partial charge in [-0.05, 0) is 79.1 Å². The van der Waals surface area contributed by atoms with Gasteiger partial charge in [-0.2, -0.15) is 0 Å². The van der Waals surface area contributed by atoms with E-state index in [-0.39, 0.29) is 0 Å². The molecule has 0 aromatic heterocycles. The standard InChI is InChI=1S/C30H58N2/c1-27(19-13-21-29(3)23-15-25-31(5,6)7)17-11-12-18-28(2)20-14-22-30(4)24-16-26-32(8,9)10/h17-18,21-22H,11-16,19-20,23-26H2,1-10H3/q+2/b27-17+,28-18+,29-21+,30-22+. The van der Waals surface area contributed by atoms with Gasteiger partial charge in [0.05, 0.1) is 55.4 Å². The van der Waals surface area contributed by atoms with Gasteiger partial charge in [0, 0.05) is 12.8 Å². The molecule has 0 heterocycles. The third-order valence-corrected chi connectivity index (χ3v) is 6.02. The highest BCUT2D eigenvalue weighted by Crippen LogP contribution is 2.14. The van der Waals surface area contributed by atoms with Crippen LogP contribution in [0.1, 0.15) is 91.9 Å². The second kappa shape index (κ2) is 16.5. The Kier molecular flexibility index (Phi) is 15.9. The SMILES string of the molecule is C/C(=C\CC/C=C(\C)CC/C=C(\C)CCC[N+](C)(C)C)CC/C=C(\C)CCC[N+](C)(C)C. The molecule has 0 saturated carbocycles. The Labute approximate surface area is 203 Å². The molecule has 0 amide bonds. The van der Waals surface area contributed by atoms with Crippen LogP contribution in [0.5, 0.6) is 0 Å². The van der Waals surface area contributed by atoms with Crippen LogP contribution in [0.25, 0.3) is 0 Å². The number of hydrogen-bond donors (Lipinski definition) is 0. The first-order valence-corrected chi connectivity index (χ1v) is 13.0. The zero-order valence-corrected chi connectivity index (χ0v) is 23.7. The molecule has 0 aromatic rings. The Morgan fingerprint density at radius 3 is 1.03 bits per heavy atom. The lowest BCUT2D eigenvalue weighted by Gasteiger charge is -2.23. The van der Waals surface area contributed by atoms with Crippen LogP contribution < -0.4 is 0 Å². The first-order chi connectivity index (χ1) is 14.8. The van der Waals surface area contributed by atoms with Crippen LogP contribution in [0.3, 0.4) is 0 Å². The molecule has 2 heteroatoms. The molecule has 0 aliphatic carbocycles. The van der Waals surface area contributed by atoms with Crippen molar-refractivity contribution in [2.24, 2.45) is 0 Å². The molecule has 0 radical (unpaired) electrons. The van der Waals surface area contributed by atoms with Crippen LogP contribution in [-0.4, -0.2) is 64.3 Å². The van der Waals surface area contributed by atoms with Gasteiger partial charge in [0.25, 0.3) is 0 Å². The van der Waals surface area contributed by atoms with E-state index in [2.05, 4.69) is 94.3 Å². The number of unbranched alkanes of at least 4 members (excludes halogenated alkanes) is 1. The second-order valence-corrected chi connectivity index (χ2v) is 12.1. The molecule has 0 spiro atoms. The van der Waals surface area contributed by atoms with E-state index in [9.17, 15) is 0 Å². The fourth-order valence-electron chi connectivity index (χ4n) is 3.82. The van der Waals surface area contributed by atoms with E-state index in [1.165, 1.54) is 77.3 Å². The van der Waals surface area contributed by atoms with E-state index in [4.69, 9.17) is 0 Å². The molecule has 0 aromatic carbocycles. The molecule has 186 valence electrons. The van der Waals surface area contributed by atoms with E-state index in [0.29, 0.717) is 0 Å². The smallest absolute Gasteiger partial charge is 0.0783 e. The van der Waals surface area contributed by atoms with Crippen LogP contribution in [0, 0.1) is 0 Å². The van der Waals surface area contributed by atoms with Crippen molar-refractivity contribution in [2.45, 2.75) is 91.9 Å². The molecule has 2 nitrogen and oxygen atoms in total. The van der Waals surface area contributed by atoms with Crippen molar-refractivity contribution < 1.29 is 8.97 Å². The van der Waals surface area contributed by atoms with E-state index < -0.39 is 0 Å². The summed E-state index contributed by atoms with van der Waals surface area (Å²) in [6.07, 6.45) is 22.0. The molecule has 32 heavy (non-hydrogen) atoms. The van der Waals surface area contributed by atoms with Gasteiger partial charge in [-0.1, -0.05) is 46.6 Å². The van der Waals surface area contributed by atoms with Gasteiger partial charge in [0.1, 0.15) is 0 Å². The number of rotatable bonds is 17. The fourth-order valence-corrected chi connectivity index (χ4v) is 3.82. The third-order valence-electron chi connectivity index (χ3n) is 6.02. The molecule has 0 unspecified atom stereocenters. The maximum absolute atomic E-state index is 2.45. The van der Waals surface area contributed by atoms with Crippen molar-refractivity contribution in [1.82, 2.24) is 0 Å². The highest BCUT2D eigenvalue weighted by molar-refractivity contribution is 5.06. The molecule has 0 saturated heterocycles. The quantitative estimate of drug-likeness (QED) is 0.120. The fraction of sp³-hybridized carbons (Fsp3) is 0.733. The molecular formula is C30H58N2+2. The van der Waals surface area contributed by atoms with E-state index in [0.717, 1.165) is 8.97 Å². The summed E-state index contributed by atoms with van der Waals surface area (Å²) in [4.78, 5) is 0. The minimum absolute atomic E-state index is 1.07. The Morgan fingerprint density at radius 2 is 0.719 bits per heavy atom. The third kappa shape index (κ3) is 22.1. The molecule has 0 aliphatic rings. The van der Waals surface area contributed by atoms with Crippen molar-refractivity contribution in [3.63, 3.8) is 0 Å².